The number of benzene rings is 2. The highest BCUT2D eigenvalue weighted by molar-refractivity contribution is 9.10. The van der Waals surface area contributed by atoms with Crippen molar-refractivity contribution in [3.8, 4) is 11.4 Å². The Morgan fingerprint density at radius 1 is 0.882 bits per heavy atom. The first-order valence-electron chi connectivity index (χ1n) is 5.13. The van der Waals surface area contributed by atoms with Crippen molar-refractivity contribution >= 4 is 42.9 Å². The van der Waals surface area contributed by atoms with Crippen molar-refractivity contribution in [2.45, 2.75) is 0 Å². The van der Waals surface area contributed by atoms with E-state index in [2.05, 4.69) is 41.8 Å². The number of hydrogen-bond acceptors (Lipinski definition) is 1. The van der Waals surface area contributed by atoms with E-state index in [1.165, 1.54) is 0 Å². The smallest absolute Gasteiger partial charge is 0.138 e. The van der Waals surface area contributed by atoms with Crippen LogP contribution in [0.2, 0.25) is 0 Å². The van der Waals surface area contributed by atoms with Crippen molar-refractivity contribution in [3.05, 3.63) is 51.4 Å². The number of nitrogens with one attached hydrogen (secondary N) is 1. The van der Waals surface area contributed by atoms with Crippen molar-refractivity contribution in [1.29, 1.82) is 0 Å². The molecule has 1 heterocycles. The third-order valence-corrected chi connectivity index (χ3v) is 3.58. The van der Waals surface area contributed by atoms with E-state index in [1.807, 2.05) is 42.5 Å². The number of halogens is 2. The van der Waals surface area contributed by atoms with E-state index in [4.69, 9.17) is 0 Å². The lowest BCUT2D eigenvalue weighted by Gasteiger charge is -1.95. The van der Waals surface area contributed by atoms with Gasteiger partial charge in [0.15, 0.2) is 0 Å². The third kappa shape index (κ3) is 2.15. The standard InChI is InChI=1S/C13H8Br2N2/c14-9-3-1-8(2-4-9)13-16-11-6-5-10(15)7-12(11)17-13/h1-7H,(H,16,17). The molecule has 0 fully saturated rings. The van der Waals surface area contributed by atoms with E-state index in [1.54, 1.807) is 0 Å². The molecular formula is C13H8Br2N2. The van der Waals surface area contributed by atoms with Gasteiger partial charge in [0.25, 0.3) is 0 Å². The molecule has 2 aromatic carbocycles. The summed E-state index contributed by atoms with van der Waals surface area (Å²) < 4.78 is 2.12. The maximum absolute atomic E-state index is 4.56. The number of imidazole rings is 1. The van der Waals surface area contributed by atoms with Crippen molar-refractivity contribution in [1.82, 2.24) is 9.97 Å². The molecule has 0 aliphatic rings. The fourth-order valence-electron chi connectivity index (χ4n) is 1.73. The summed E-state index contributed by atoms with van der Waals surface area (Å²) in [5.74, 6) is 0.894. The van der Waals surface area contributed by atoms with Gasteiger partial charge in [-0.15, -0.1) is 0 Å². The van der Waals surface area contributed by atoms with Gasteiger partial charge in [-0.2, -0.15) is 0 Å². The van der Waals surface area contributed by atoms with Crippen molar-refractivity contribution in [2.24, 2.45) is 0 Å². The van der Waals surface area contributed by atoms with Gasteiger partial charge in [0, 0.05) is 14.5 Å². The lowest BCUT2D eigenvalue weighted by molar-refractivity contribution is 1.33. The van der Waals surface area contributed by atoms with Crippen LogP contribution in [0, 0.1) is 0 Å². The Morgan fingerprint density at radius 2 is 1.59 bits per heavy atom. The second kappa shape index (κ2) is 4.27. The highest BCUT2D eigenvalue weighted by Crippen LogP contribution is 2.24. The topological polar surface area (TPSA) is 28.7 Å². The van der Waals surface area contributed by atoms with E-state index >= 15 is 0 Å². The molecule has 1 aromatic heterocycles. The minimum absolute atomic E-state index is 0.894. The van der Waals surface area contributed by atoms with Crippen LogP contribution in [0.4, 0.5) is 0 Å². The van der Waals surface area contributed by atoms with Gasteiger partial charge in [0.1, 0.15) is 5.82 Å². The van der Waals surface area contributed by atoms with Gasteiger partial charge >= 0.3 is 0 Å². The van der Waals surface area contributed by atoms with Gasteiger partial charge in [-0.1, -0.05) is 44.0 Å². The number of nitrogens with zero attached hydrogens (tertiary/aromatic N) is 1. The van der Waals surface area contributed by atoms with Crippen LogP contribution in [-0.2, 0) is 0 Å². The summed E-state index contributed by atoms with van der Waals surface area (Å²) in [6.07, 6.45) is 0. The molecule has 0 bridgehead atoms. The minimum atomic E-state index is 0.894. The molecule has 0 saturated heterocycles. The lowest BCUT2D eigenvalue weighted by Crippen LogP contribution is -1.78. The maximum atomic E-state index is 4.56. The largest absolute Gasteiger partial charge is 0.338 e. The summed E-state index contributed by atoms with van der Waals surface area (Å²) in [4.78, 5) is 7.88. The van der Waals surface area contributed by atoms with Crippen LogP contribution in [0.1, 0.15) is 0 Å². The zero-order chi connectivity index (χ0) is 11.8. The van der Waals surface area contributed by atoms with Crippen LogP contribution in [-0.4, -0.2) is 9.97 Å². The molecule has 2 nitrogen and oxygen atoms in total. The van der Waals surface area contributed by atoms with Crippen molar-refractivity contribution < 1.29 is 0 Å². The number of fused-ring (bicyclic) bond motifs is 1. The molecule has 3 rings (SSSR count). The Labute approximate surface area is 115 Å². The fraction of sp³-hybridized carbons (Fsp3) is 0. The Morgan fingerprint density at radius 3 is 2.35 bits per heavy atom. The van der Waals surface area contributed by atoms with E-state index in [-0.39, 0.29) is 0 Å². The van der Waals surface area contributed by atoms with Gasteiger partial charge in [-0.05, 0) is 30.3 Å². The first-order chi connectivity index (χ1) is 8.22. The molecule has 0 aliphatic heterocycles. The summed E-state index contributed by atoms with van der Waals surface area (Å²) in [5, 5.41) is 0. The zero-order valence-corrected chi connectivity index (χ0v) is 11.9. The molecule has 0 unspecified atom stereocenters. The van der Waals surface area contributed by atoms with Crippen molar-refractivity contribution in [2.75, 3.05) is 0 Å². The fourth-order valence-corrected chi connectivity index (χ4v) is 2.35. The zero-order valence-electron chi connectivity index (χ0n) is 8.74. The average Bonchev–Trinajstić information content (AvgIpc) is 2.72. The second-order valence-electron chi connectivity index (χ2n) is 3.75. The van der Waals surface area contributed by atoms with Gasteiger partial charge in [-0.25, -0.2) is 4.98 Å². The van der Waals surface area contributed by atoms with Crippen LogP contribution in [0.3, 0.4) is 0 Å². The summed E-state index contributed by atoms with van der Waals surface area (Å²) in [6, 6.07) is 14.1. The molecule has 3 aromatic rings. The average molecular weight is 352 g/mol. The molecular weight excluding hydrogens is 344 g/mol. The van der Waals surface area contributed by atoms with Gasteiger partial charge in [0.05, 0.1) is 11.0 Å². The monoisotopic (exact) mass is 350 g/mol. The lowest BCUT2D eigenvalue weighted by atomic mass is 10.2. The number of aromatic amines is 1. The summed E-state index contributed by atoms with van der Waals surface area (Å²) in [5.41, 5.74) is 3.10. The highest BCUT2D eigenvalue weighted by atomic mass is 79.9. The molecule has 84 valence electrons. The molecule has 0 aliphatic carbocycles. The van der Waals surface area contributed by atoms with Crippen LogP contribution in [0.15, 0.2) is 51.4 Å². The summed E-state index contributed by atoms with van der Waals surface area (Å²) in [7, 11) is 0. The molecule has 17 heavy (non-hydrogen) atoms. The Kier molecular flexibility index (Phi) is 2.76. The first kappa shape index (κ1) is 11.0. The molecule has 0 atom stereocenters. The van der Waals surface area contributed by atoms with Crippen molar-refractivity contribution in [3.63, 3.8) is 0 Å². The van der Waals surface area contributed by atoms with E-state index in [0.717, 1.165) is 31.4 Å². The molecule has 1 N–H and O–H groups in total. The van der Waals surface area contributed by atoms with E-state index < -0.39 is 0 Å². The van der Waals surface area contributed by atoms with E-state index in [0.29, 0.717) is 0 Å². The van der Waals surface area contributed by atoms with Crippen LogP contribution < -0.4 is 0 Å². The molecule has 0 saturated carbocycles. The first-order valence-corrected chi connectivity index (χ1v) is 6.72. The van der Waals surface area contributed by atoms with Crippen LogP contribution >= 0.6 is 31.9 Å². The molecule has 0 spiro atoms. The predicted octanol–water partition coefficient (Wildman–Crippen LogP) is 4.75. The predicted molar refractivity (Wildman–Crippen MR) is 76.9 cm³/mol. The van der Waals surface area contributed by atoms with Gasteiger partial charge in [-0.3, -0.25) is 0 Å². The molecule has 4 heteroatoms. The van der Waals surface area contributed by atoms with E-state index in [9.17, 15) is 0 Å². The number of hydrogen-bond donors (Lipinski definition) is 1. The second-order valence-corrected chi connectivity index (χ2v) is 5.59. The Hall–Kier alpha value is -1.13. The van der Waals surface area contributed by atoms with Gasteiger partial charge in [0.2, 0.25) is 0 Å². The molecule has 0 amide bonds. The van der Waals surface area contributed by atoms with Crippen LogP contribution in [0.5, 0.6) is 0 Å². The number of aromatic nitrogens is 2. The molecule has 0 radical (unpaired) electrons. The SMILES string of the molecule is Brc1ccc(-c2nc3ccc(Br)cc3[nH]2)cc1. The Bertz CT molecular complexity index is 671. The number of H-pyrrole nitrogens is 1. The quantitative estimate of drug-likeness (QED) is 0.673. The minimum Gasteiger partial charge on any atom is -0.338 e. The maximum Gasteiger partial charge on any atom is 0.138 e. The third-order valence-electron chi connectivity index (χ3n) is 2.56. The normalized spacial score (nSPS) is 10.9. The Balaban J connectivity index is 2.14. The number of rotatable bonds is 1. The summed E-state index contributed by atoms with van der Waals surface area (Å²) >= 11 is 6.88. The highest BCUT2D eigenvalue weighted by Gasteiger charge is 2.05. The van der Waals surface area contributed by atoms with Crippen LogP contribution in [0.25, 0.3) is 22.4 Å². The summed E-state index contributed by atoms with van der Waals surface area (Å²) in [6.45, 7) is 0. The van der Waals surface area contributed by atoms with Gasteiger partial charge < -0.3 is 4.98 Å².